The lowest BCUT2D eigenvalue weighted by atomic mass is 9.85. The third-order valence-electron chi connectivity index (χ3n) is 4.10. The van der Waals surface area contributed by atoms with E-state index in [1.54, 1.807) is 23.5 Å². The van der Waals surface area contributed by atoms with Crippen LogP contribution in [0.4, 0.5) is 0 Å². The maximum atomic E-state index is 6.08. The molecule has 0 aliphatic rings. The van der Waals surface area contributed by atoms with E-state index in [0.29, 0.717) is 0 Å². The summed E-state index contributed by atoms with van der Waals surface area (Å²) in [6.07, 6.45) is 4.21. The van der Waals surface area contributed by atoms with E-state index >= 15 is 0 Å². The maximum absolute atomic E-state index is 6.08. The van der Waals surface area contributed by atoms with Gasteiger partial charge >= 0.3 is 0 Å². The van der Waals surface area contributed by atoms with Gasteiger partial charge < -0.3 is 0 Å². The van der Waals surface area contributed by atoms with Crippen LogP contribution in [0, 0.1) is 0 Å². The van der Waals surface area contributed by atoms with Gasteiger partial charge in [-0.2, -0.15) is 0 Å². The first-order valence-electron chi connectivity index (χ1n) is 7.74. The minimum absolute atomic E-state index is 0.217. The van der Waals surface area contributed by atoms with Gasteiger partial charge in [-0.05, 0) is 65.6 Å². The molecule has 0 fully saturated rings. The van der Waals surface area contributed by atoms with E-state index in [1.807, 2.05) is 12.1 Å². The zero-order valence-electron chi connectivity index (χ0n) is 13.7. The standard InChI is InChI=1S/C21H19ClS2/c1-23-19-11-5-16(6-12-19)21(15-3-9-18(22)10-4-15)17-7-13-20(24-2)14-8-17/h3-14,21H,1-2H3. The Morgan fingerprint density at radius 2 is 0.917 bits per heavy atom. The fourth-order valence-electron chi connectivity index (χ4n) is 2.83. The summed E-state index contributed by atoms with van der Waals surface area (Å²) in [6.45, 7) is 0. The topological polar surface area (TPSA) is 0 Å². The van der Waals surface area contributed by atoms with Gasteiger partial charge in [0.05, 0.1) is 0 Å². The van der Waals surface area contributed by atoms with Crippen LogP contribution in [0.25, 0.3) is 0 Å². The van der Waals surface area contributed by atoms with Gasteiger partial charge in [-0.15, -0.1) is 23.5 Å². The summed E-state index contributed by atoms with van der Waals surface area (Å²) in [6, 6.07) is 25.9. The zero-order valence-corrected chi connectivity index (χ0v) is 16.1. The predicted octanol–water partition coefficient (Wildman–Crippen LogP) is 6.96. The zero-order chi connectivity index (χ0) is 16.9. The summed E-state index contributed by atoms with van der Waals surface area (Å²) in [5.74, 6) is 0.217. The third-order valence-corrected chi connectivity index (χ3v) is 5.84. The first-order valence-corrected chi connectivity index (χ1v) is 10.6. The van der Waals surface area contributed by atoms with Crippen LogP contribution in [0.2, 0.25) is 5.02 Å². The average molecular weight is 371 g/mol. The molecule has 24 heavy (non-hydrogen) atoms. The predicted molar refractivity (Wildman–Crippen MR) is 109 cm³/mol. The Bertz CT molecular complexity index is 730. The molecule has 3 heteroatoms. The molecular formula is C21H19ClS2. The highest BCUT2D eigenvalue weighted by Crippen LogP contribution is 2.34. The second-order valence-electron chi connectivity index (χ2n) is 5.53. The van der Waals surface area contributed by atoms with E-state index in [0.717, 1.165) is 5.02 Å². The SMILES string of the molecule is CSc1ccc(C(c2ccc(Cl)cc2)c2ccc(SC)cc2)cc1. The van der Waals surface area contributed by atoms with Crippen LogP contribution in [0.1, 0.15) is 22.6 Å². The van der Waals surface area contributed by atoms with E-state index in [2.05, 4.69) is 73.2 Å². The van der Waals surface area contributed by atoms with Crippen molar-refractivity contribution in [2.45, 2.75) is 15.7 Å². The minimum atomic E-state index is 0.217. The molecule has 0 nitrogen and oxygen atoms in total. The Morgan fingerprint density at radius 1 is 0.583 bits per heavy atom. The highest BCUT2D eigenvalue weighted by Gasteiger charge is 2.16. The van der Waals surface area contributed by atoms with E-state index in [4.69, 9.17) is 11.6 Å². The number of halogens is 1. The lowest BCUT2D eigenvalue weighted by Gasteiger charge is -2.19. The largest absolute Gasteiger partial charge is 0.130 e. The summed E-state index contributed by atoms with van der Waals surface area (Å²) in [7, 11) is 0. The normalized spacial score (nSPS) is 11.0. The van der Waals surface area contributed by atoms with Crippen LogP contribution >= 0.6 is 35.1 Å². The summed E-state index contributed by atoms with van der Waals surface area (Å²) >= 11 is 9.62. The van der Waals surface area contributed by atoms with Crippen LogP contribution in [0.3, 0.4) is 0 Å². The van der Waals surface area contributed by atoms with Crippen molar-refractivity contribution in [3.8, 4) is 0 Å². The monoisotopic (exact) mass is 370 g/mol. The fourth-order valence-corrected chi connectivity index (χ4v) is 3.77. The summed E-state index contributed by atoms with van der Waals surface area (Å²) in [5, 5.41) is 0.771. The molecule has 3 aromatic rings. The smallest absolute Gasteiger partial charge is 0.0406 e. The van der Waals surface area contributed by atoms with Gasteiger partial charge in [0.25, 0.3) is 0 Å². The molecule has 0 unspecified atom stereocenters. The van der Waals surface area contributed by atoms with Gasteiger partial charge in [-0.1, -0.05) is 48.0 Å². The number of hydrogen-bond donors (Lipinski definition) is 0. The van der Waals surface area contributed by atoms with Gasteiger partial charge in [0, 0.05) is 20.7 Å². The molecule has 0 saturated heterocycles. The molecule has 0 atom stereocenters. The molecule has 3 aromatic carbocycles. The van der Waals surface area contributed by atoms with Crippen molar-refractivity contribution in [1.29, 1.82) is 0 Å². The first-order chi connectivity index (χ1) is 11.7. The van der Waals surface area contributed by atoms with Crippen molar-refractivity contribution in [2.75, 3.05) is 12.5 Å². The average Bonchev–Trinajstić information content (AvgIpc) is 2.64. The molecule has 3 rings (SSSR count). The molecule has 0 heterocycles. The molecule has 0 saturated carbocycles. The van der Waals surface area contributed by atoms with Crippen molar-refractivity contribution in [1.82, 2.24) is 0 Å². The first kappa shape index (κ1) is 17.5. The van der Waals surface area contributed by atoms with Gasteiger partial charge in [0.15, 0.2) is 0 Å². The van der Waals surface area contributed by atoms with Crippen molar-refractivity contribution in [3.63, 3.8) is 0 Å². The number of thioether (sulfide) groups is 2. The number of hydrogen-bond acceptors (Lipinski definition) is 2. The quantitative estimate of drug-likeness (QED) is 0.351. The molecule has 0 bridgehead atoms. The van der Waals surface area contributed by atoms with Gasteiger partial charge in [0.2, 0.25) is 0 Å². The van der Waals surface area contributed by atoms with E-state index in [-0.39, 0.29) is 5.92 Å². The number of rotatable bonds is 5. The molecule has 0 aliphatic carbocycles. The Labute approximate surface area is 157 Å². The van der Waals surface area contributed by atoms with E-state index in [1.165, 1.54) is 26.5 Å². The third kappa shape index (κ3) is 4.00. The fraction of sp³-hybridized carbons (Fsp3) is 0.143. The van der Waals surface area contributed by atoms with Crippen molar-refractivity contribution >= 4 is 35.1 Å². The lowest BCUT2D eigenvalue weighted by molar-refractivity contribution is 0.971. The van der Waals surface area contributed by atoms with Crippen LogP contribution < -0.4 is 0 Å². The van der Waals surface area contributed by atoms with Gasteiger partial charge in [-0.3, -0.25) is 0 Å². The maximum Gasteiger partial charge on any atom is 0.0406 e. The molecule has 0 spiro atoms. The highest BCUT2D eigenvalue weighted by molar-refractivity contribution is 7.98. The molecule has 0 aromatic heterocycles. The Kier molecular flexibility index (Phi) is 5.94. The number of benzene rings is 3. The molecule has 0 radical (unpaired) electrons. The Morgan fingerprint density at radius 3 is 1.25 bits per heavy atom. The molecule has 0 aliphatic heterocycles. The van der Waals surface area contributed by atoms with E-state index in [9.17, 15) is 0 Å². The van der Waals surface area contributed by atoms with Crippen molar-refractivity contribution in [3.05, 3.63) is 94.5 Å². The molecule has 122 valence electrons. The molecule has 0 amide bonds. The van der Waals surface area contributed by atoms with Gasteiger partial charge in [0.1, 0.15) is 0 Å². The Balaban J connectivity index is 2.06. The molecule has 0 N–H and O–H groups in total. The van der Waals surface area contributed by atoms with Crippen LogP contribution in [0.15, 0.2) is 82.6 Å². The second-order valence-corrected chi connectivity index (χ2v) is 7.73. The van der Waals surface area contributed by atoms with Gasteiger partial charge in [-0.25, -0.2) is 0 Å². The van der Waals surface area contributed by atoms with Crippen LogP contribution in [-0.2, 0) is 0 Å². The lowest BCUT2D eigenvalue weighted by Crippen LogP contribution is -2.03. The second kappa shape index (κ2) is 8.15. The van der Waals surface area contributed by atoms with Crippen LogP contribution in [-0.4, -0.2) is 12.5 Å². The van der Waals surface area contributed by atoms with Crippen LogP contribution in [0.5, 0.6) is 0 Å². The summed E-state index contributed by atoms with van der Waals surface area (Å²) in [4.78, 5) is 2.57. The Hall–Kier alpha value is -1.35. The summed E-state index contributed by atoms with van der Waals surface area (Å²) in [5.41, 5.74) is 3.85. The summed E-state index contributed by atoms with van der Waals surface area (Å²) < 4.78 is 0. The van der Waals surface area contributed by atoms with E-state index < -0.39 is 0 Å². The highest BCUT2D eigenvalue weighted by atomic mass is 35.5. The van der Waals surface area contributed by atoms with Crippen molar-refractivity contribution < 1.29 is 0 Å². The molecular weight excluding hydrogens is 352 g/mol. The van der Waals surface area contributed by atoms with Crippen molar-refractivity contribution in [2.24, 2.45) is 0 Å². The minimum Gasteiger partial charge on any atom is -0.130 e.